The average Bonchev–Trinajstić information content (AvgIpc) is 2.27. The quantitative estimate of drug-likeness (QED) is 0.815. The molecule has 6 heteroatoms. The molecule has 0 aliphatic rings. The van der Waals surface area contributed by atoms with Gasteiger partial charge in [-0.25, -0.2) is 13.1 Å². The van der Waals surface area contributed by atoms with Gasteiger partial charge in [-0.2, -0.15) is 0 Å². The maximum atomic E-state index is 12.3. The Hall–Kier alpha value is -0.980. The minimum atomic E-state index is -3.51. The van der Waals surface area contributed by atoms with Gasteiger partial charge in [0.1, 0.15) is 4.99 Å². The Morgan fingerprint density at radius 2 is 1.89 bits per heavy atom. The average molecular weight is 300 g/mol. The van der Waals surface area contributed by atoms with Crippen LogP contribution < -0.4 is 10.5 Å². The third-order valence-corrected chi connectivity index (χ3v) is 5.04. The molecule has 4 nitrogen and oxygen atoms in total. The Labute approximate surface area is 120 Å². The van der Waals surface area contributed by atoms with E-state index in [4.69, 9.17) is 18.0 Å². The smallest absolute Gasteiger partial charge is 0.241 e. The molecular formula is C13H20N2O2S2. The molecule has 1 rings (SSSR count). The van der Waals surface area contributed by atoms with Gasteiger partial charge in [-0.1, -0.05) is 32.1 Å². The number of aryl methyl sites for hydroxylation is 1. The zero-order valence-electron chi connectivity index (χ0n) is 11.6. The van der Waals surface area contributed by atoms with E-state index < -0.39 is 10.0 Å². The minimum Gasteiger partial charge on any atom is -0.389 e. The zero-order chi connectivity index (χ0) is 14.8. The molecule has 0 radical (unpaired) electrons. The molecule has 3 N–H and O–H groups in total. The molecule has 19 heavy (non-hydrogen) atoms. The van der Waals surface area contributed by atoms with Gasteiger partial charge in [-0.05, 0) is 37.5 Å². The molecule has 0 saturated heterocycles. The van der Waals surface area contributed by atoms with Gasteiger partial charge in [0.25, 0.3) is 0 Å². The maximum absolute atomic E-state index is 12.3. The zero-order valence-corrected chi connectivity index (χ0v) is 13.2. The number of sulfonamides is 1. The van der Waals surface area contributed by atoms with Crippen LogP contribution in [0.5, 0.6) is 0 Å². The molecule has 1 atom stereocenters. The summed E-state index contributed by atoms with van der Waals surface area (Å²) in [5.74, 6) is 0.228. The molecule has 1 aromatic carbocycles. The van der Waals surface area contributed by atoms with Crippen molar-refractivity contribution in [1.29, 1.82) is 0 Å². The van der Waals surface area contributed by atoms with E-state index in [1.807, 2.05) is 20.8 Å². The second kappa shape index (κ2) is 5.98. The summed E-state index contributed by atoms with van der Waals surface area (Å²) in [5, 5.41) is 0. The molecule has 0 aromatic heterocycles. The summed E-state index contributed by atoms with van der Waals surface area (Å²) in [4.78, 5) is 0.524. The van der Waals surface area contributed by atoms with Crippen LogP contribution in [0.2, 0.25) is 0 Å². The topological polar surface area (TPSA) is 72.2 Å². The SMILES string of the molecule is Cc1cc(C(N)=S)ccc1S(=O)(=O)NC(C)C(C)C. The van der Waals surface area contributed by atoms with Crippen LogP contribution in [0.3, 0.4) is 0 Å². The highest BCUT2D eigenvalue weighted by Crippen LogP contribution is 2.18. The first-order valence-electron chi connectivity index (χ1n) is 6.08. The lowest BCUT2D eigenvalue weighted by Crippen LogP contribution is -2.36. The van der Waals surface area contributed by atoms with Crippen LogP contribution in [0.4, 0.5) is 0 Å². The van der Waals surface area contributed by atoms with Gasteiger partial charge in [-0.3, -0.25) is 0 Å². The number of benzene rings is 1. The van der Waals surface area contributed by atoms with Crippen LogP contribution in [0.25, 0.3) is 0 Å². The fourth-order valence-electron chi connectivity index (χ4n) is 1.55. The van der Waals surface area contributed by atoms with E-state index in [1.54, 1.807) is 25.1 Å². The molecule has 0 spiro atoms. The highest BCUT2D eigenvalue weighted by molar-refractivity contribution is 7.89. The first-order chi connectivity index (χ1) is 8.65. The van der Waals surface area contributed by atoms with Crippen LogP contribution in [0, 0.1) is 12.8 Å². The summed E-state index contributed by atoms with van der Waals surface area (Å²) < 4.78 is 27.2. The second-order valence-corrected chi connectivity index (χ2v) is 7.12. The molecule has 0 bridgehead atoms. The Morgan fingerprint density at radius 1 is 1.32 bits per heavy atom. The van der Waals surface area contributed by atoms with Crippen LogP contribution >= 0.6 is 12.2 Å². The standard InChI is InChI=1S/C13H20N2O2S2/c1-8(2)10(4)15-19(16,17)12-6-5-11(13(14)18)7-9(12)3/h5-8,10,15H,1-4H3,(H2,14,18). The first-order valence-corrected chi connectivity index (χ1v) is 7.97. The predicted molar refractivity (Wildman–Crippen MR) is 81.7 cm³/mol. The van der Waals surface area contributed by atoms with Crippen molar-refractivity contribution in [3.63, 3.8) is 0 Å². The van der Waals surface area contributed by atoms with Crippen LogP contribution in [0.1, 0.15) is 31.9 Å². The van der Waals surface area contributed by atoms with Crippen molar-refractivity contribution in [3.05, 3.63) is 29.3 Å². The van der Waals surface area contributed by atoms with E-state index in [2.05, 4.69) is 4.72 Å². The summed E-state index contributed by atoms with van der Waals surface area (Å²) in [6.07, 6.45) is 0. The lowest BCUT2D eigenvalue weighted by atomic mass is 10.1. The van der Waals surface area contributed by atoms with E-state index in [9.17, 15) is 8.42 Å². The van der Waals surface area contributed by atoms with Crippen molar-refractivity contribution in [1.82, 2.24) is 4.72 Å². The molecule has 1 aromatic rings. The number of rotatable bonds is 5. The first kappa shape index (κ1) is 16.1. The largest absolute Gasteiger partial charge is 0.389 e. The van der Waals surface area contributed by atoms with Gasteiger partial charge in [0, 0.05) is 11.6 Å². The van der Waals surface area contributed by atoms with E-state index in [0.29, 0.717) is 11.1 Å². The normalized spacial score (nSPS) is 13.5. The summed E-state index contributed by atoms with van der Waals surface area (Å²) in [6, 6.07) is 4.74. The lowest BCUT2D eigenvalue weighted by molar-refractivity contribution is 0.476. The van der Waals surface area contributed by atoms with E-state index in [-0.39, 0.29) is 21.8 Å². The van der Waals surface area contributed by atoms with Gasteiger partial charge >= 0.3 is 0 Å². The van der Waals surface area contributed by atoms with Crippen molar-refractivity contribution in [2.45, 2.75) is 38.6 Å². The molecule has 0 saturated carbocycles. The number of nitrogens with two attached hydrogens (primary N) is 1. The Balaban J connectivity index is 3.12. The second-order valence-electron chi connectivity index (χ2n) is 5.00. The van der Waals surface area contributed by atoms with Crippen molar-refractivity contribution in [2.75, 3.05) is 0 Å². The van der Waals surface area contributed by atoms with Crippen LogP contribution in [0.15, 0.2) is 23.1 Å². The number of thiocarbonyl (C=S) groups is 1. The fraction of sp³-hybridized carbons (Fsp3) is 0.462. The third kappa shape index (κ3) is 3.99. The van der Waals surface area contributed by atoms with Crippen molar-refractivity contribution < 1.29 is 8.42 Å². The van der Waals surface area contributed by atoms with Crippen LogP contribution in [-0.4, -0.2) is 19.4 Å². The maximum Gasteiger partial charge on any atom is 0.241 e. The van der Waals surface area contributed by atoms with E-state index in [0.717, 1.165) is 0 Å². The van der Waals surface area contributed by atoms with Crippen molar-refractivity contribution >= 4 is 27.2 Å². The summed E-state index contributed by atoms with van der Waals surface area (Å²) in [6.45, 7) is 7.52. The van der Waals surface area contributed by atoms with E-state index in [1.165, 1.54) is 0 Å². The summed E-state index contributed by atoms with van der Waals surface area (Å²) in [7, 11) is -3.51. The number of hydrogen-bond acceptors (Lipinski definition) is 3. The molecule has 0 fully saturated rings. The lowest BCUT2D eigenvalue weighted by Gasteiger charge is -2.18. The number of nitrogens with one attached hydrogen (secondary N) is 1. The van der Waals surface area contributed by atoms with Crippen molar-refractivity contribution in [3.8, 4) is 0 Å². The van der Waals surface area contributed by atoms with Gasteiger partial charge in [0.2, 0.25) is 10.0 Å². The van der Waals surface area contributed by atoms with Gasteiger partial charge in [0.15, 0.2) is 0 Å². The van der Waals surface area contributed by atoms with Gasteiger partial charge < -0.3 is 5.73 Å². The number of hydrogen-bond donors (Lipinski definition) is 2. The van der Waals surface area contributed by atoms with Crippen molar-refractivity contribution in [2.24, 2.45) is 11.7 Å². The third-order valence-electron chi connectivity index (χ3n) is 3.09. The fourth-order valence-corrected chi connectivity index (χ4v) is 3.29. The van der Waals surface area contributed by atoms with E-state index >= 15 is 0 Å². The molecular weight excluding hydrogens is 280 g/mol. The van der Waals surface area contributed by atoms with Gasteiger partial charge in [-0.15, -0.1) is 0 Å². The Bertz CT molecular complexity index is 580. The molecule has 1 unspecified atom stereocenters. The minimum absolute atomic E-state index is 0.125. The van der Waals surface area contributed by atoms with Crippen LogP contribution in [-0.2, 0) is 10.0 Å². The molecule has 0 aliphatic heterocycles. The molecule has 0 amide bonds. The summed E-state index contributed by atoms with van der Waals surface area (Å²) in [5.41, 5.74) is 6.83. The highest BCUT2D eigenvalue weighted by atomic mass is 32.2. The predicted octanol–water partition coefficient (Wildman–Crippen LogP) is 1.95. The summed E-state index contributed by atoms with van der Waals surface area (Å²) >= 11 is 4.88. The molecule has 106 valence electrons. The molecule has 0 heterocycles. The Morgan fingerprint density at radius 3 is 2.32 bits per heavy atom. The highest BCUT2D eigenvalue weighted by Gasteiger charge is 2.21. The monoisotopic (exact) mass is 300 g/mol. The Kier molecular flexibility index (Phi) is 5.06. The van der Waals surface area contributed by atoms with Gasteiger partial charge in [0.05, 0.1) is 4.90 Å². The molecule has 0 aliphatic carbocycles.